The third kappa shape index (κ3) is 5.07. The van der Waals surface area contributed by atoms with Crippen LogP contribution in [0.15, 0.2) is 60.7 Å². The third-order valence-electron chi connectivity index (χ3n) is 8.12. The van der Waals surface area contributed by atoms with E-state index in [0.717, 1.165) is 6.54 Å². The number of rotatable bonds is 7. The summed E-state index contributed by atoms with van der Waals surface area (Å²) in [6, 6.07) is 21.5. The van der Waals surface area contributed by atoms with Gasteiger partial charge in [-0.25, -0.2) is 0 Å². The number of ether oxygens (including phenoxy) is 5. The van der Waals surface area contributed by atoms with Gasteiger partial charge in [-0.1, -0.05) is 85.9 Å². The molecule has 7 heteroatoms. The highest BCUT2D eigenvalue weighted by Gasteiger charge is 2.62. The molecule has 2 aromatic rings. The van der Waals surface area contributed by atoms with Crippen LogP contribution in [0.5, 0.6) is 0 Å². The summed E-state index contributed by atoms with van der Waals surface area (Å²) in [5, 5.41) is 5.33. The number of hydrogen-bond donors (Lipinski definition) is 1. The molecule has 0 saturated carbocycles. The summed E-state index contributed by atoms with van der Waals surface area (Å²) in [6.45, 7) is 15.8. The van der Waals surface area contributed by atoms with E-state index in [4.69, 9.17) is 23.7 Å². The molecular formula is C29H41NO5Si. The van der Waals surface area contributed by atoms with Gasteiger partial charge >= 0.3 is 0 Å². The summed E-state index contributed by atoms with van der Waals surface area (Å²) >= 11 is 0. The average molecular weight is 512 g/mol. The first-order chi connectivity index (χ1) is 17.0. The Morgan fingerprint density at radius 3 is 2.00 bits per heavy atom. The van der Waals surface area contributed by atoms with Crippen molar-refractivity contribution in [1.82, 2.24) is 5.32 Å². The largest absolute Gasteiger partial charge is 0.342 e. The van der Waals surface area contributed by atoms with Gasteiger partial charge in [0.25, 0.3) is 0 Å². The lowest BCUT2D eigenvalue weighted by Crippen LogP contribution is -2.64. The van der Waals surface area contributed by atoms with E-state index in [9.17, 15) is 0 Å². The molecule has 36 heavy (non-hydrogen) atoms. The molecule has 2 aromatic carbocycles. The van der Waals surface area contributed by atoms with Crippen LogP contribution in [0.1, 0.15) is 40.2 Å². The minimum absolute atomic E-state index is 0.0188. The number of hydrogen-bond acceptors (Lipinski definition) is 6. The molecule has 3 fully saturated rings. The maximum Gasteiger partial charge on any atom is 0.190 e. The van der Waals surface area contributed by atoms with Crippen molar-refractivity contribution in [2.45, 2.75) is 108 Å². The van der Waals surface area contributed by atoms with Gasteiger partial charge in [0.1, 0.15) is 24.4 Å². The monoisotopic (exact) mass is 511 g/mol. The molecule has 0 radical (unpaired) electrons. The number of fused-ring (bicyclic) bond motifs is 3. The van der Waals surface area contributed by atoms with E-state index in [1.165, 1.54) is 10.8 Å². The van der Waals surface area contributed by atoms with Crippen molar-refractivity contribution < 1.29 is 23.7 Å². The molecule has 5 rings (SSSR count). The van der Waals surface area contributed by atoms with Crippen LogP contribution in [0, 0.1) is 0 Å². The maximum atomic E-state index is 6.76. The zero-order valence-electron chi connectivity index (χ0n) is 22.6. The SMILES string of the molecule is C[C@H]([C@@H](NCc1ccccc1)[C@H]1O[C@@H]2OC(C)(C)O[C@@H]2[C@H]2OC(C)(C)O[C@H]21)[Si](C)(C)c1ccccc1. The van der Waals surface area contributed by atoms with E-state index in [1.807, 2.05) is 27.7 Å². The summed E-state index contributed by atoms with van der Waals surface area (Å²) in [6.07, 6.45) is -1.62. The van der Waals surface area contributed by atoms with Gasteiger partial charge in [-0.05, 0) is 38.8 Å². The van der Waals surface area contributed by atoms with Gasteiger partial charge < -0.3 is 29.0 Å². The van der Waals surface area contributed by atoms with E-state index in [1.54, 1.807) is 0 Å². The second-order valence-corrected chi connectivity index (χ2v) is 16.8. The molecule has 1 N–H and O–H groups in total. The van der Waals surface area contributed by atoms with Crippen molar-refractivity contribution in [3.05, 3.63) is 66.2 Å². The molecule has 3 saturated heterocycles. The van der Waals surface area contributed by atoms with Gasteiger partial charge in [-0.2, -0.15) is 0 Å². The first-order valence-electron chi connectivity index (χ1n) is 13.2. The molecule has 0 spiro atoms. The minimum atomic E-state index is -1.92. The van der Waals surface area contributed by atoms with E-state index in [0.29, 0.717) is 5.54 Å². The van der Waals surface area contributed by atoms with Gasteiger partial charge in [0.2, 0.25) is 0 Å². The molecule has 3 aliphatic heterocycles. The van der Waals surface area contributed by atoms with E-state index < -0.39 is 25.9 Å². The van der Waals surface area contributed by atoms with Crippen LogP contribution in [0.4, 0.5) is 0 Å². The summed E-state index contributed by atoms with van der Waals surface area (Å²) < 4.78 is 32.2. The lowest BCUT2D eigenvalue weighted by Gasteiger charge is -2.46. The quantitative estimate of drug-likeness (QED) is 0.551. The first-order valence-corrected chi connectivity index (χ1v) is 16.2. The molecule has 196 valence electrons. The molecule has 0 aromatic heterocycles. The van der Waals surface area contributed by atoms with E-state index >= 15 is 0 Å². The van der Waals surface area contributed by atoms with Crippen molar-refractivity contribution in [3.8, 4) is 0 Å². The standard InChI is InChI=1S/C29H41NO5Si/c1-19(36(6,7)21-16-12-9-13-17-21)22(30-18-20-14-10-8-11-15-20)23-24-25(33-28(2,3)32-24)26-27(31-23)35-29(4,5)34-26/h8-17,19,22-27,30H,18H2,1-7H3/t19-,22-,23-,24+,25+,26-,27-/m1/s1. The van der Waals surface area contributed by atoms with Gasteiger partial charge in [0, 0.05) is 12.6 Å². The second-order valence-electron chi connectivity index (χ2n) is 11.9. The summed E-state index contributed by atoms with van der Waals surface area (Å²) in [7, 11) is -1.92. The second kappa shape index (κ2) is 9.62. The highest BCUT2D eigenvalue weighted by molar-refractivity contribution is 6.91. The third-order valence-corrected chi connectivity index (χ3v) is 12.6. The Morgan fingerprint density at radius 1 is 0.778 bits per heavy atom. The van der Waals surface area contributed by atoms with Crippen molar-refractivity contribution in [1.29, 1.82) is 0 Å². The van der Waals surface area contributed by atoms with Crippen LogP contribution in [0.25, 0.3) is 0 Å². The number of nitrogens with one attached hydrogen (secondary N) is 1. The Bertz CT molecular complexity index is 1030. The van der Waals surface area contributed by atoms with E-state index in [2.05, 4.69) is 86.0 Å². The zero-order chi connectivity index (χ0) is 25.7. The van der Waals surface area contributed by atoms with Crippen LogP contribution in [0.3, 0.4) is 0 Å². The average Bonchev–Trinajstić information content (AvgIpc) is 3.34. The molecule has 3 aliphatic rings. The lowest BCUT2D eigenvalue weighted by molar-refractivity contribution is -0.240. The minimum Gasteiger partial charge on any atom is -0.342 e. The van der Waals surface area contributed by atoms with Crippen LogP contribution in [0.2, 0.25) is 18.6 Å². The van der Waals surface area contributed by atoms with Gasteiger partial charge in [0.05, 0.1) is 8.07 Å². The number of benzene rings is 2. The zero-order valence-corrected chi connectivity index (χ0v) is 23.6. The van der Waals surface area contributed by atoms with Gasteiger partial charge in [0.15, 0.2) is 17.9 Å². The molecule has 6 nitrogen and oxygen atoms in total. The van der Waals surface area contributed by atoms with Crippen LogP contribution in [-0.2, 0) is 30.2 Å². The maximum absolute atomic E-state index is 6.76. The lowest BCUT2D eigenvalue weighted by atomic mass is 9.92. The predicted molar refractivity (Wildman–Crippen MR) is 143 cm³/mol. The first kappa shape index (κ1) is 26.0. The van der Waals surface area contributed by atoms with Gasteiger partial charge in [-0.15, -0.1) is 0 Å². The Labute approximate surface area is 216 Å². The molecule has 7 atom stereocenters. The smallest absolute Gasteiger partial charge is 0.190 e. The normalized spacial score (nSPS) is 32.5. The molecule has 0 amide bonds. The Kier molecular flexibility index (Phi) is 6.96. The highest BCUT2D eigenvalue weighted by Crippen LogP contribution is 2.46. The summed E-state index contributed by atoms with van der Waals surface area (Å²) in [5.74, 6) is -1.46. The van der Waals surface area contributed by atoms with Crippen molar-refractivity contribution >= 4 is 13.3 Å². The topological polar surface area (TPSA) is 58.2 Å². The van der Waals surface area contributed by atoms with Crippen LogP contribution >= 0.6 is 0 Å². The predicted octanol–water partition coefficient (Wildman–Crippen LogP) is 4.55. The molecular weight excluding hydrogens is 470 g/mol. The van der Waals surface area contributed by atoms with Crippen LogP contribution in [-0.4, -0.2) is 56.4 Å². The fraction of sp³-hybridized carbons (Fsp3) is 0.586. The van der Waals surface area contributed by atoms with Crippen LogP contribution < -0.4 is 10.5 Å². The summed E-state index contributed by atoms with van der Waals surface area (Å²) in [4.78, 5) is 0. The molecule has 0 bridgehead atoms. The molecule has 0 aliphatic carbocycles. The highest BCUT2D eigenvalue weighted by atomic mass is 28.3. The fourth-order valence-electron chi connectivity index (χ4n) is 5.92. The fourth-order valence-corrected chi connectivity index (χ4v) is 8.70. The van der Waals surface area contributed by atoms with Gasteiger partial charge in [-0.3, -0.25) is 0 Å². The molecule has 0 unspecified atom stereocenters. The Hall–Kier alpha value is -1.58. The Morgan fingerprint density at radius 2 is 1.33 bits per heavy atom. The summed E-state index contributed by atoms with van der Waals surface area (Å²) in [5.41, 5.74) is 1.57. The van der Waals surface area contributed by atoms with Crippen molar-refractivity contribution in [2.75, 3.05) is 0 Å². The van der Waals surface area contributed by atoms with Crippen molar-refractivity contribution in [3.63, 3.8) is 0 Å². The molecule has 3 heterocycles. The Balaban J connectivity index is 1.50. The van der Waals surface area contributed by atoms with Crippen molar-refractivity contribution in [2.24, 2.45) is 0 Å². The van der Waals surface area contributed by atoms with E-state index in [-0.39, 0.29) is 30.5 Å².